The maximum atomic E-state index is 9.38. The summed E-state index contributed by atoms with van der Waals surface area (Å²) in [6, 6.07) is 2.94. The average Bonchev–Trinajstić information content (AvgIpc) is 2.02. The Balaban J connectivity index is -0.000000162. The van der Waals surface area contributed by atoms with Gasteiger partial charge in [0.2, 0.25) is 0 Å². The molecule has 0 radical (unpaired) electrons. The molecular weight excluding hydrogens is 322 g/mol. The second-order valence-corrected chi connectivity index (χ2v) is 10.5. The first kappa shape index (κ1) is 20.2. The first-order valence-electron chi connectivity index (χ1n) is 4.06. The zero-order valence-corrected chi connectivity index (χ0v) is 12.0. The molecule has 0 heterocycles. The molecule has 6 nitrogen and oxygen atoms in total. The van der Waals surface area contributed by atoms with Crippen molar-refractivity contribution in [1.29, 1.82) is 10.5 Å². The number of hydrogen-bond acceptors (Lipinski definition) is 4. The third-order valence-electron chi connectivity index (χ3n) is 0.461. The molecule has 0 aromatic rings. The predicted octanol–water partition coefficient (Wildman–Crippen LogP) is 1.34. The summed E-state index contributed by atoms with van der Waals surface area (Å²) < 4.78 is 0. The van der Waals surface area contributed by atoms with Crippen LogP contribution in [0.1, 0.15) is 12.8 Å². The molecule has 0 fully saturated rings. The minimum absolute atomic E-state index is 0.403. The van der Waals surface area contributed by atoms with E-state index in [1.54, 1.807) is 0 Å². The van der Waals surface area contributed by atoms with Crippen LogP contribution < -0.4 is 0 Å². The van der Waals surface area contributed by atoms with Crippen molar-refractivity contribution in [2.75, 3.05) is 0 Å². The van der Waals surface area contributed by atoms with Crippen LogP contribution in [0.2, 0.25) is 14.6 Å². The van der Waals surface area contributed by atoms with Crippen molar-refractivity contribution >= 4 is 32.1 Å². The van der Waals surface area contributed by atoms with Crippen LogP contribution in [-0.2, 0) is 9.59 Å². The number of aliphatic carboxylic acids is 2. The van der Waals surface area contributed by atoms with Gasteiger partial charge in [-0.1, -0.05) is 0 Å². The fraction of sp³-hybridized carbons (Fsp3) is 0.556. The summed E-state index contributed by atoms with van der Waals surface area (Å²) in [4.78, 5) is 25.8. The normalized spacial score (nSPS) is 7.12. The van der Waals surface area contributed by atoms with Crippen LogP contribution in [0.25, 0.3) is 0 Å². The summed E-state index contributed by atoms with van der Waals surface area (Å²) >= 11 is -0.450. The molecule has 0 unspecified atom stereocenters. The van der Waals surface area contributed by atoms with Crippen molar-refractivity contribution in [2.24, 2.45) is 0 Å². The number of carboxylic acid groups (broad SMARTS) is 2. The Hall–Kier alpha value is -1.26. The molecule has 0 aliphatic carbocycles. The molecule has 0 amide bonds. The summed E-state index contributed by atoms with van der Waals surface area (Å²) in [5.74, 6) is -2.14. The number of nitriles is 2. The molecule has 0 atom stereocenters. The van der Waals surface area contributed by atoms with E-state index >= 15 is 0 Å². The number of nitrogens with zero attached hydrogens (tertiary/aromatic N) is 2. The molecular formula is C9H15N2O4Sb. The SMILES string of the molecule is N#CCC(=O)O.N#CCC(=O)O.[CH3][Sb]([CH3])[CH3]. The molecule has 0 bridgehead atoms. The summed E-state index contributed by atoms with van der Waals surface area (Å²) in [5, 5.41) is 30.6. The molecule has 0 spiro atoms. The van der Waals surface area contributed by atoms with Gasteiger partial charge in [-0.05, 0) is 0 Å². The van der Waals surface area contributed by atoms with Crippen molar-refractivity contribution in [1.82, 2.24) is 0 Å². The van der Waals surface area contributed by atoms with Gasteiger partial charge < -0.3 is 10.2 Å². The molecule has 0 aromatic carbocycles. The van der Waals surface area contributed by atoms with Gasteiger partial charge in [-0.2, -0.15) is 10.5 Å². The molecule has 0 saturated carbocycles. The maximum absolute atomic E-state index is 9.38. The van der Waals surface area contributed by atoms with Crippen molar-refractivity contribution in [3.63, 3.8) is 0 Å². The number of hydrogen-bond donors (Lipinski definition) is 2. The topological polar surface area (TPSA) is 122 Å². The zero-order valence-electron chi connectivity index (χ0n) is 9.47. The van der Waals surface area contributed by atoms with Crippen LogP contribution in [0, 0.1) is 22.7 Å². The molecule has 2 N–H and O–H groups in total. The molecule has 0 saturated heterocycles. The van der Waals surface area contributed by atoms with Gasteiger partial charge in [0.1, 0.15) is 12.8 Å². The fourth-order valence-corrected chi connectivity index (χ4v) is 0.135. The first-order valence-corrected chi connectivity index (χ1v) is 11.7. The summed E-state index contributed by atoms with van der Waals surface area (Å²) in [7, 11) is 0. The van der Waals surface area contributed by atoms with E-state index in [0.29, 0.717) is 0 Å². The molecule has 0 aliphatic heterocycles. The summed E-state index contributed by atoms with van der Waals surface area (Å²) in [5.41, 5.74) is 0. The van der Waals surface area contributed by atoms with Gasteiger partial charge in [-0.25, -0.2) is 0 Å². The van der Waals surface area contributed by atoms with E-state index in [-0.39, 0.29) is 0 Å². The molecule has 16 heavy (non-hydrogen) atoms. The Bertz CT molecular complexity index is 249. The van der Waals surface area contributed by atoms with E-state index in [2.05, 4.69) is 14.6 Å². The molecule has 0 aliphatic rings. The van der Waals surface area contributed by atoms with E-state index in [4.69, 9.17) is 20.7 Å². The van der Waals surface area contributed by atoms with Crippen LogP contribution in [0.5, 0.6) is 0 Å². The number of carbonyl (C=O) groups is 2. The van der Waals surface area contributed by atoms with E-state index in [0.717, 1.165) is 0 Å². The Morgan fingerprint density at radius 2 is 1.19 bits per heavy atom. The number of carboxylic acids is 2. The van der Waals surface area contributed by atoms with E-state index in [9.17, 15) is 9.59 Å². The van der Waals surface area contributed by atoms with E-state index in [1.165, 1.54) is 12.1 Å². The molecule has 7 heteroatoms. The Labute approximate surface area is 102 Å². The Morgan fingerprint density at radius 3 is 1.19 bits per heavy atom. The van der Waals surface area contributed by atoms with Gasteiger partial charge in [0.15, 0.2) is 0 Å². The van der Waals surface area contributed by atoms with Crippen molar-refractivity contribution in [2.45, 2.75) is 27.5 Å². The summed E-state index contributed by atoms with van der Waals surface area (Å²) in [6.45, 7) is 0. The van der Waals surface area contributed by atoms with Crippen LogP contribution in [-0.4, -0.2) is 42.4 Å². The van der Waals surface area contributed by atoms with Gasteiger partial charge in [0, 0.05) is 0 Å². The predicted molar refractivity (Wildman–Crippen MR) is 59.1 cm³/mol. The van der Waals surface area contributed by atoms with Crippen molar-refractivity contribution in [3.05, 3.63) is 0 Å². The average molecular weight is 337 g/mol. The molecule has 0 rings (SSSR count). The van der Waals surface area contributed by atoms with Gasteiger partial charge >= 0.3 is 46.8 Å². The molecule has 0 aromatic heterocycles. The van der Waals surface area contributed by atoms with Gasteiger partial charge in [0.05, 0.1) is 12.1 Å². The van der Waals surface area contributed by atoms with Crippen molar-refractivity contribution < 1.29 is 19.8 Å². The van der Waals surface area contributed by atoms with Crippen LogP contribution >= 0.6 is 0 Å². The summed E-state index contributed by atoms with van der Waals surface area (Å²) in [6.07, 6.45) is -0.806. The van der Waals surface area contributed by atoms with Gasteiger partial charge in [-0.3, -0.25) is 9.59 Å². The Morgan fingerprint density at radius 1 is 1.00 bits per heavy atom. The molecule has 90 valence electrons. The first-order chi connectivity index (χ1) is 7.27. The number of rotatable bonds is 2. The van der Waals surface area contributed by atoms with Crippen LogP contribution in [0.3, 0.4) is 0 Å². The fourth-order valence-electron chi connectivity index (χ4n) is 0.135. The van der Waals surface area contributed by atoms with Gasteiger partial charge in [0.25, 0.3) is 0 Å². The third-order valence-corrected chi connectivity index (χ3v) is 0.461. The standard InChI is InChI=1S/2C3H3NO2.3CH3.Sb/c2*4-2-1-3(5)6;;;;/h2*1H2,(H,5,6);3*1H3;. The van der Waals surface area contributed by atoms with E-state index in [1.807, 2.05) is 0 Å². The Kier molecular flexibility index (Phi) is 20.4. The van der Waals surface area contributed by atoms with Crippen molar-refractivity contribution in [3.8, 4) is 12.1 Å². The third kappa shape index (κ3) is 78.2. The monoisotopic (exact) mass is 336 g/mol. The second kappa shape index (κ2) is 16.2. The zero-order chi connectivity index (χ0) is 13.6. The van der Waals surface area contributed by atoms with Crippen LogP contribution in [0.15, 0.2) is 0 Å². The quantitative estimate of drug-likeness (QED) is 0.733. The second-order valence-electron chi connectivity index (χ2n) is 2.80. The minimum atomic E-state index is -1.07. The van der Waals surface area contributed by atoms with Gasteiger partial charge in [-0.15, -0.1) is 0 Å². The van der Waals surface area contributed by atoms with E-state index < -0.39 is 45.0 Å². The van der Waals surface area contributed by atoms with Crippen LogP contribution in [0.4, 0.5) is 0 Å².